The fourth-order valence-electron chi connectivity index (χ4n) is 2.68. The molecule has 1 amide bonds. The van der Waals surface area contributed by atoms with E-state index in [1.807, 2.05) is 26.0 Å². The predicted molar refractivity (Wildman–Crippen MR) is 90.9 cm³/mol. The van der Waals surface area contributed by atoms with Gasteiger partial charge in [0.25, 0.3) is 0 Å². The number of aryl methyl sites for hydroxylation is 2. The van der Waals surface area contributed by atoms with E-state index in [1.54, 1.807) is 0 Å². The lowest BCUT2D eigenvalue weighted by Gasteiger charge is -2.07. The van der Waals surface area contributed by atoms with Gasteiger partial charge in [0.15, 0.2) is 5.58 Å². The number of anilines is 1. The normalized spacial score (nSPS) is 10.8. The van der Waals surface area contributed by atoms with Gasteiger partial charge < -0.3 is 20.1 Å². The highest BCUT2D eigenvalue weighted by Crippen LogP contribution is 2.26. The number of carboxylic acid groups (broad SMARTS) is 1. The van der Waals surface area contributed by atoms with Crippen LogP contribution in [0.2, 0.25) is 0 Å². The van der Waals surface area contributed by atoms with E-state index in [0.717, 1.165) is 22.6 Å². The van der Waals surface area contributed by atoms with Crippen molar-refractivity contribution in [3.63, 3.8) is 0 Å². The first-order chi connectivity index (χ1) is 11.8. The van der Waals surface area contributed by atoms with Gasteiger partial charge in [-0.05, 0) is 49.2 Å². The van der Waals surface area contributed by atoms with Crippen LogP contribution >= 0.6 is 0 Å². The van der Waals surface area contributed by atoms with Gasteiger partial charge in [0, 0.05) is 5.39 Å². The maximum absolute atomic E-state index is 12.2. The van der Waals surface area contributed by atoms with Crippen molar-refractivity contribution in [3.05, 3.63) is 52.7 Å². The SMILES string of the molecule is Cc1cc(C)c2onc(CC(=O)Nc3ccc(C(=O)O)cc3O)c2c1. The number of nitrogens with zero attached hydrogens (tertiary/aromatic N) is 1. The third-order valence-corrected chi connectivity index (χ3v) is 3.82. The molecule has 7 nitrogen and oxygen atoms in total. The van der Waals surface area contributed by atoms with Crippen LogP contribution in [-0.4, -0.2) is 27.2 Å². The number of carbonyl (C=O) groups is 2. The predicted octanol–water partition coefficient (Wildman–Crippen LogP) is 3.03. The second-order valence-electron chi connectivity index (χ2n) is 5.85. The fraction of sp³-hybridized carbons (Fsp3) is 0.167. The minimum absolute atomic E-state index is 0.0317. The molecule has 7 heteroatoms. The maximum atomic E-state index is 12.2. The number of amides is 1. The average molecular weight is 340 g/mol. The second kappa shape index (κ2) is 6.27. The third kappa shape index (κ3) is 3.30. The summed E-state index contributed by atoms with van der Waals surface area (Å²) in [6.45, 7) is 3.86. The number of hydrogen-bond donors (Lipinski definition) is 3. The number of fused-ring (bicyclic) bond motifs is 1. The molecule has 0 saturated carbocycles. The molecular formula is C18H16N2O5. The number of carbonyl (C=O) groups excluding carboxylic acids is 1. The summed E-state index contributed by atoms with van der Waals surface area (Å²) in [4.78, 5) is 23.1. The van der Waals surface area contributed by atoms with E-state index in [9.17, 15) is 14.7 Å². The largest absolute Gasteiger partial charge is 0.506 e. The molecule has 1 aromatic heterocycles. The molecule has 0 aliphatic heterocycles. The Kier molecular flexibility index (Phi) is 4.14. The number of aromatic nitrogens is 1. The summed E-state index contributed by atoms with van der Waals surface area (Å²) in [5.41, 5.74) is 3.19. The highest BCUT2D eigenvalue weighted by molar-refractivity contribution is 5.97. The topological polar surface area (TPSA) is 113 Å². The monoisotopic (exact) mass is 340 g/mol. The van der Waals surface area contributed by atoms with E-state index in [0.29, 0.717) is 11.3 Å². The Hall–Kier alpha value is -3.35. The van der Waals surface area contributed by atoms with Crippen LogP contribution in [0.3, 0.4) is 0 Å². The van der Waals surface area contributed by atoms with Gasteiger partial charge in [0.2, 0.25) is 5.91 Å². The van der Waals surface area contributed by atoms with Gasteiger partial charge in [-0.25, -0.2) is 4.79 Å². The molecule has 0 bridgehead atoms. The molecule has 0 radical (unpaired) electrons. The molecule has 3 rings (SSSR count). The molecule has 0 saturated heterocycles. The van der Waals surface area contributed by atoms with Crippen molar-refractivity contribution < 1.29 is 24.3 Å². The molecule has 3 N–H and O–H groups in total. The van der Waals surface area contributed by atoms with E-state index < -0.39 is 11.9 Å². The van der Waals surface area contributed by atoms with Crippen molar-refractivity contribution in [1.29, 1.82) is 0 Å². The Morgan fingerprint density at radius 2 is 1.96 bits per heavy atom. The molecule has 2 aromatic carbocycles. The summed E-state index contributed by atoms with van der Waals surface area (Å²) in [6.07, 6.45) is -0.0317. The van der Waals surface area contributed by atoms with E-state index in [-0.39, 0.29) is 23.4 Å². The van der Waals surface area contributed by atoms with Crippen LogP contribution in [0.15, 0.2) is 34.9 Å². The number of carboxylic acids is 1. The Bertz CT molecular complexity index is 991. The number of benzene rings is 2. The zero-order valence-corrected chi connectivity index (χ0v) is 13.7. The number of aromatic hydroxyl groups is 1. The fourth-order valence-corrected chi connectivity index (χ4v) is 2.68. The first-order valence-corrected chi connectivity index (χ1v) is 7.57. The Balaban J connectivity index is 1.81. The van der Waals surface area contributed by atoms with Crippen LogP contribution in [0.1, 0.15) is 27.2 Å². The lowest BCUT2D eigenvalue weighted by Crippen LogP contribution is -2.15. The molecule has 3 aromatic rings. The van der Waals surface area contributed by atoms with Gasteiger partial charge in [0.05, 0.1) is 17.7 Å². The number of rotatable bonds is 4. The third-order valence-electron chi connectivity index (χ3n) is 3.82. The summed E-state index contributed by atoms with van der Waals surface area (Å²) >= 11 is 0. The minimum atomic E-state index is -1.16. The van der Waals surface area contributed by atoms with Crippen molar-refractivity contribution in [2.45, 2.75) is 20.3 Å². The quantitative estimate of drug-likeness (QED) is 0.629. The molecule has 0 spiro atoms. The number of hydrogen-bond acceptors (Lipinski definition) is 5. The van der Waals surface area contributed by atoms with Crippen molar-refractivity contribution in [2.75, 3.05) is 5.32 Å². The summed E-state index contributed by atoms with van der Waals surface area (Å²) in [5.74, 6) is -1.87. The van der Waals surface area contributed by atoms with Gasteiger partial charge in [-0.1, -0.05) is 11.2 Å². The zero-order chi connectivity index (χ0) is 18.1. The maximum Gasteiger partial charge on any atom is 0.335 e. The Labute approximate surface area is 142 Å². The summed E-state index contributed by atoms with van der Waals surface area (Å²) < 4.78 is 5.31. The highest BCUT2D eigenvalue weighted by Gasteiger charge is 2.16. The zero-order valence-electron chi connectivity index (χ0n) is 13.7. The molecule has 1 heterocycles. The summed E-state index contributed by atoms with van der Waals surface area (Å²) in [6, 6.07) is 7.60. The van der Waals surface area contributed by atoms with Gasteiger partial charge >= 0.3 is 5.97 Å². The molecule has 0 aliphatic carbocycles. The van der Waals surface area contributed by atoms with Crippen LogP contribution < -0.4 is 5.32 Å². The summed E-state index contributed by atoms with van der Waals surface area (Å²) in [7, 11) is 0. The van der Waals surface area contributed by atoms with Crippen molar-refractivity contribution in [1.82, 2.24) is 5.16 Å². The van der Waals surface area contributed by atoms with Gasteiger partial charge in [-0.15, -0.1) is 0 Å². The number of phenolic OH excluding ortho intramolecular Hbond substituents is 1. The van der Waals surface area contributed by atoms with Gasteiger partial charge in [-0.2, -0.15) is 0 Å². The molecule has 0 atom stereocenters. The molecule has 0 fully saturated rings. The Morgan fingerprint density at radius 3 is 2.64 bits per heavy atom. The van der Waals surface area contributed by atoms with E-state index in [2.05, 4.69) is 10.5 Å². The standard InChI is InChI=1S/C18H16N2O5/c1-9-5-10(2)17-12(6-9)14(20-25-17)8-16(22)19-13-4-3-11(18(23)24)7-15(13)21/h3-7,21H,8H2,1-2H3,(H,19,22)(H,23,24). The number of nitrogens with one attached hydrogen (secondary N) is 1. The lowest BCUT2D eigenvalue weighted by atomic mass is 10.1. The first kappa shape index (κ1) is 16.5. The van der Waals surface area contributed by atoms with Crippen molar-refractivity contribution >= 4 is 28.5 Å². The van der Waals surface area contributed by atoms with E-state index in [4.69, 9.17) is 9.63 Å². The van der Waals surface area contributed by atoms with Crippen LogP contribution in [0.25, 0.3) is 11.0 Å². The summed E-state index contributed by atoms with van der Waals surface area (Å²) in [5, 5.41) is 26.0. The van der Waals surface area contributed by atoms with Crippen molar-refractivity contribution in [3.8, 4) is 5.75 Å². The molecule has 0 aliphatic rings. The molecular weight excluding hydrogens is 324 g/mol. The van der Waals surface area contributed by atoms with Crippen LogP contribution in [0, 0.1) is 13.8 Å². The van der Waals surface area contributed by atoms with Crippen molar-refractivity contribution in [2.24, 2.45) is 0 Å². The number of phenols is 1. The number of aromatic carboxylic acids is 1. The smallest absolute Gasteiger partial charge is 0.335 e. The molecule has 25 heavy (non-hydrogen) atoms. The second-order valence-corrected chi connectivity index (χ2v) is 5.85. The first-order valence-electron chi connectivity index (χ1n) is 7.57. The van der Waals surface area contributed by atoms with Crippen LogP contribution in [0.4, 0.5) is 5.69 Å². The molecule has 0 unspecified atom stereocenters. The van der Waals surface area contributed by atoms with E-state index in [1.165, 1.54) is 12.1 Å². The van der Waals surface area contributed by atoms with Gasteiger partial charge in [0.1, 0.15) is 11.4 Å². The van der Waals surface area contributed by atoms with Crippen LogP contribution in [0.5, 0.6) is 5.75 Å². The highest BCUT2D eigenvalue weighted by atomic mass is 16.5. The average Bonchev–Trinajstić information content (AvgIpc) is 2.92. The van der Waals surface area contributed by atoms with Crippen LogP contribution in [-0.2, 0) is 11.2 Å². The van der Waals surface area contributed by atoms with Gasteiger partial charge in [-0.3, -0.25) is 4.79 Å². The lowest BCUT2D eigenvalue weighted by molar-refractivity contribution is -0.115. The molecule has 128 valence electrons. The Morgan fingerprint density at radius 1 is 1.20 bits per heavy atom. The van der Waals surface area contributed by atoms with E-state index >= 15 is 0 Å². The minimum Gasteiger partial charge on any atom is -0.506 e.